The van der Waals surface area contributed by atoms with Gasteiger partial charge in [0.2, 0.25) is 5.95 Å². The van der Waals surface area contributed by atoms with Crippen LogP contribution in [0, 0.1) is 0 Å². The van der Waals surface area contributed by atoms with E-state index in [2.05, 4.69) is 41.5 Å². The van der Waals surface area contributed by atoms with Crippen LogP contribution in [0.1, 0.15) is 42.6 Å². The van der Waals surface area contributed by atoms with Crippen molar-refractivity contribution in [2.45, 2.75) is 37.8 Å². The SMILES string of the molecule is O=C1CNC2(CCCCC2)n2c1cc1cnc(Nc3ccc(N4CCNCC4)cn3)nc12. The second-order valence-electron chi connectivity index (χ2n) is 8.97. The predicted molar refractivity (Wildman–Crippen MR) is 124 cm³/mol. The highest BCUT2D eigenvalue weighted by Gasteiger charge is 2.41. The van der Waals surface area contributed by atoms with E-state index in [1.807, 2.05) is 18.3 Å². The maximum atomic E-state index is 12.7. The molecule has 2 aliphatic heterocycles. The Balaban J connectivity index is 1.31. The van der Waals surface area contributed by atoms with Gasteiger partial charge >= 0.3 is 0 Å². The summed E-state index contributed by atoms with van der Waals surface area (Å²) < 4.78 is 2.14. The van der Waals surface area contributed by atoms with Crippen LogP contribution in [0.5, 0.6) is 0 Å². The van der Waals surface area contributed by atoms with Crippen LogP contribution < -0.4 is 20.9 Å². The lowest BCUT2D eigenvalue weighted by molar-refractivity contribution is 0.0807. The molecule has 32 heavy (non-hydrogen) atoms. The fraction of sp³-hybridized carbons (Fsp3) is 0.478. The van der Waals surface area contributed by atoms with Crippen LogP contribution in [0.2, 0.25) is 0 Å². The van der Waals surface area contributed by atoms with Gasteiger partial charge in [0.15, 0.2) is 5.78 Å². The molecule has 6 rings (SSSR count). The molecule has 166 valence electrons. The highest BCUT2D eigenvalue weighted by atomic mass is 16.1. The minimum atomic E-state index is -0.224. The average Bonchev–Trinajstić information content (AvgIpc) is 3.24. The number of piperazine rings is 1. The molecule has 3 aromatic rings. The highest BCUT2D eigenvalue weighted by Crippen LogP contribution is 2.39. The largest absolute Gasteiger partial charge is 0.368 e. The van der Waals surface area contributed by atoms with E-state index >= 15 is 0 Å². The zero-order valence-corrected chi connectivity index (χ0v) is 18.1. The Labute approximate surface area is 186 Å². The summed E-state index contributed by atoms with van der Waals surface area (Å²) in [6.45, 7) is 4.35. The van der Waals surface area contributed by atoms with E-state index in [9.17, 15) is 4.79 Å². The molecule has 3 aromatic heterocycles. The summed E-state index contributed by atoms with van der Waals surface area (Å²) >= 11 is 0. The zero-order chi connectivity index (χ0) is 21.5. The molecule has 9 nitrogen and oxygen atoms in total. The summed E-state index contributed by atoms with van der Waals surface area (Å²) in [6.07, 6.45) is 9.26. The molecule has 9 heteroatoms. The van der Waals surface area contributed by atoms with Gasteiger partial charge in [-0.1, -0.05) is 6.42 Å². The molecule has 0 radical (unpaired) electrons. The average molecular weight is 433 g/mol. The minimum Gasteiger partial charge on any atom is -0.368 e. The molecule has 1 aliphatic carbocycles. The summed E-state index contributed by atoms with van der Waals surface area (Å²) in [5.74, 6) is 1.30. The van der Waals surface area contributed by atoms with Crippen molar-refractivity contribution in [2.24, 2.45) is 0 Å². The number of Topliss-reactive ketones (excluding diaryl/α,β-unsaturated/α-hetero) is 1. The lowest BCUT2D eigenvalue weighted by atomic mass is 9.87. The first-order valence-corrected chi connectivity index (χ1v) is 11.6. The van der Waals surface area contributed by atoms with Gasteiger partial charge < -0.3 is 20.1 Å². The van der Waals surface area contributed by atoms with Crippen LogP contribution in [0.3, 0.4) is 0 Å². The number of fused-ring (bicyclic) bond motifs is 4. The van der Waals surface area contributed by atoms with Crippen LogP contribution >= 0.6 is 0 Å². The van der Waals surface area contributed by atoms with Crippen molar-refractivity contribution in [3.05, 3.63) is 36.3 Å². The third-order valence-electron chi connectivity index (χ3n) is 6.98. The highest BCUT2D eigenvalue weighted by molar-refractivity contribution is 6.01. The lowest BCUT2D eigenvalue weighted by Crippen LogP contribution is -2.55. The van der Waals surface area contributed by atoms with Crippen molar-refractivity contribution in [1.29, 1.82) is 0 Å². The molecule has 0 unspecified atom stereocenters. The normalized spacial score (nSPS) is 20.5. The Kier molecular flexibility index (Phi) is 4.80. The van der Waals surface area contributed by atoms with Crippen LogP contribution in [-0.4, -0.2) is 58.0 Å². The first-order chi connectivity index (χ1) is 15.7. The van der Waals surface area contributed by atoms with Crippen LogP contribution in [-0.2, 0) is 5.66 Å². The number of hydrogen-bond donors (Lipinski definition) is 3. The zero-order valence-electron chi connectivity index (χ0n) is 18.1. The van der Waals surface area contributed by atoms with Crippen molar-refractivity contribution >= 4 is 34.3 Å². The summed E-state index contributed by atoms with van der Waals surface area (Å²) in [4.78, 5) is 28.9. The lowest BCUT2D eigenvalue weighted by Gasteiger charge is -2.43. The minimum absolute atomic E-state index is 0.110. The molecule has 0 aromatic carbocycles. The quantitative estimate of drug-likeness (QED) is 0.580. The third-order valence-corrected chi connectivity index (χ3v) is 6.98. The van der Waals surface area contributed by atoms with Crippen molar-refractivity contribution in [3.8, 4) is 0 Å². The number of ketones is 1. The van der Waals surface area contributed by atoms with Crippen molar-refractivity contribution in [2.75, 3.05) is 42.9 Å². The Morgan fingerprint density at radius 1 is 1.03 bits per heavy atom. The van der Waals surface area contributed by atoms with Gasteiger partial charge in [-0.2, -0.15) is 4.98 Å². The molecule has 2 fully saturated rings. The molecule has 1 saturated carbocycles. The molecular formula is C23H28N8O. The van der Waals surface area contributed by atoms with Gasteiger partial charge in [0.05, 0.1) is 29.8 Å². The molecule has 3 N–H and O–H groups in total. The summed E-state index contributed by atoms with van der Waals surface area (Å²) in [7, 11) is 0. The fourth-order valence-electron chi connectivity index (χ4n) is 5.32. The van der Waals surface area contributed by atoms with Gasteiger partial charge in [-0.25, -0.2) is 9.97 Å². The monoisotopic (exact) mass is 432 g/mol. The maximum absolute atomic E-state index is 12.7. The summed E-state index contributed by atoms with van der Waals surface area (Å²) in [5.41, 5.74) is 2.44. The van der Waals surface area contributed by atoms with E-state index in [-0.39, 0.29) is 11.4 Å². The van der Waals surface area contributed by atoms with Crippen LogP contribution in [0.4, 0.5) is 17.5 Å². The Morgan fingerprint density at radius 3 is 2.66 bits per heavy atom. The molecule has 5 heterocycles. The number of pyridine rings is 1. The van der Waals surface area contributed by atoms with E-state index in [4.69, 9.17) is 4.98 Å². The predicted octanol–water partition coefficient (Wildman–Crippen LogP) is 2.38. The standard InChI is InChI=1S/C23H28N8O/c32-19-15-27-23(6-2-1-3-7-23)31-18(19)12-16-13-26-22(29-21(16)31)28-20-5-4-17(14-25-20)30-10-8-24-9-11-30/h4-5,12-14,24,27H,1-3,6-11,15H2,(H,25,26,28,29). The molecule has 0 amide bonds. The van der Waals surface area contributed by atoms with Gasteiger partial charge in [0.25, 0.3) is 0 Å². The first-order valence-electron chi connectivity index (χ1n) is 11.6. The third kappa shape index (κ3) is 3.32. The molecule has 1 saturated heterocycles. The van der Waals surface area contributed by atoms with Gasteiger partial charge in [-0.15, -0.1) is 0 Å². The second kappa shape index (κ2) is 7.83. The molecule has 1 spiro atoms. The number of nitrogens with zero attached hydrogens (tertiary/aromatic N) is 5. The van der Waals surface area contributed by atoms with Gasteiger partial charge in [-0.3, -0.25) is 10.1 Å². The van der Waals surface area contributed by atoms with E-state index in [0.29, 0.717) is 18.3 Å². The first kappa shape index (κ1) is 19.6. The topological polar surface area (TPSA) is 100 Å². The Hall–Kier alpha value is -3.04. The summed E-state index contributed by atoms with van der Waals surface area (Å²) in [6, 6.07) is 5.99. The van der Waals surface area contributed by atoms with Gasteiger partial charge in [0, 0.05) is 37.8 Å². The van der Waals surface area contributed by atoms with Gasteiger partial charge in [0.1, 0.15) is 11.5 Å². The number of nitrogens with one attached hydrogen (secondary N) is 3. The number of hydrogen-bond acceptors (Lipinski definition) is 8. The van der Waals surface area contributed by atoms with Crippen LogP contribution in [0.25, 0.3) is 11.0 Å². The number of carbonyl (C=O) groups is 1. The van der Waals surface area contributed by atoms with E-state index in [0.717, 1.165) is 74.3 Å². The number of anilines is 3. The molecule has 0 bridgehead atoms. The van der Waals surface area contributed by atoms with E-state index in [1.54, 1.807) is 6.20 Å². The number of rotatable bonds is 3. The molecule has 3 aliphatic rings. The fourth-order valence-corrected chi connectivity index (χ4v) is 5.32. The maximum Gasteiger partial charge on any atom is 0.230 e. The smallest absolute Gasteiger partial charge is 0.230 e. The van der Waals surface area contributed by atoms with Gasteiger partial charge in [-0.05, 0) is 43.9 Å². The van der Waals surface area contributed by atoms with E-state index < -0.39 is 0 Å². The molecule has 0 atom stereocenters. The van der Waals surface area contributed by atoms with E-state index in [1.165, 1.54) is 6.42 Å². The van der Waals surface area contributed by atoms with Crippen molar-refractivity contribution < 1.29 is 4.79 Å². The Morgan fingerprint density at radius 2 is 1.88 bits per heavy atom. The number of aromatic nitrogens is 4. The molecular weight excluding hydrogens is 404 g/mol. The Bertz CT molecular complexity index is 1140. The number of carbonyl (C=O) groups excluding carboxylic acids is 1. The van der Waals surface area contributed by atoms with Crippen molar-refractivity contribution in [3.63, 3.8) is 0 Å². The summed E-state index contributed by atoms with van der Waals surface area (Å²) in [5, 5.41) is 11.0. The second-order valence-corrected chi connectivity index (χ2v) is 8.97. The van der Waals surface area contributed by atoms with Crippen LogP contribution in [0.15, 0.2) is 30.6 Å². The van der Waals surface area contributed by atoms with Crippen molar-refractivity contribution in [1.82, 2.24) is 30.2 Å².